The molecule has 3 rings (SSSR count). The number of sulfone groups is 1. The van der Waals surface area contributed by atoms with Gasteiger partial charge in [0, 0.05) is 23.2 Å². The van der Waals surface area contributed by atoms with Gasteiger partial charge in [-0.05, 0) is 37.3 Å². The molecule has 0 fully saturated rings. The normalized spacial score (nSPS) is 11.7. The fraction of sp³-hybridized carbons (Fsp3) is 0.118. The molecule has 0 radical (unpaired) electrons. The van der Waals surface area contributed by atoms with E-state index >= 15 is 0 Å². The Morgan fingerprint density at radius 1 is 1.09 bits per heavy atom. The van der Waals surface area contributed by atoms with E-state index in [9.17, 15) is 13.2 Å². The number of hydrogen-bond donors (Lipinski definition) is 0. The van der Waals surface area contributed by atoms with Crippen LogP contribution < -0.4 is 5.43 Å². The molecule has 2 aromatic carbocycles. The van der Waals surface area contributed by atoms with Crippen molar-refractivity contribution in [2.45, 2.75) is 23.3 Å². The zero-order valence-corrected chi connectivity index (χ0v) is 13.9. The lowest BCUT2D eigenvalue weighted by Gasteiger charge is -2.12. The van der Waals surface area contributed by atoms with Crippen molar-refractivity contribution in [2.75, 3.05) is 0 Å². The third-order valence-electron chi connectivity index (χ3n) is 3.69. The molecule has 6 heteroatoms. The van der Waals surface area contributed by atoms with E-state index in [4.69, 9.17) is 11.6 Å². The third-order valence-corrected chi connectivity index (χ3v) is 5.69. The molecule has 0 atom stereocenters. The van der Waals surface area contributed by atoms with Crippen LogP contribution >= 0.6 is 11.6 Å². The molecule has 0 saturated carbocycles. The van der Waals surface area contributed by atoms with Gasteiger partial charge in [-0.2, -0.15) is 0 Å². The molecule has 0 amide bonds. The van der Waals surface area contributed by atoms with Crippen LogP contribution in [0.2, 0.25) is 5.02 Å². The van der Waals surface area contributed by atoms with Crippen molar-refractivity contribution in [3.05, 3.63) is 70.0 Å². The highest BCUT2D eigenvalue weighted by Gasteiger charge is 2.23. The van der Waals surface area contributed by atoms with Crippen molar-refractivity contribution >= 4 is 32.3 Å². The predicted octanol–water partition coefficient (Wildman–Crippen LogP) is 3.51. The molecule has 0 aliphatic rings. The van der Waals surface area contributed by atoms with E-state index in [1.165, 1.54) is 24.4 Å². The average molecular weight is 348 g/mol. The molecule has 1 aromatic heterocycles. The minimum atomic E-state index is -3.88. The fourth-order valence-corrected chi connectivity index (χ4v) is 4.08. The maximum Gasteiger partial charge on any atom is 0.211 e. The van der Waals surface area contributed by atoms with Crippen LogP contribution in [0, 0.1) is 0 Å². The van der Waals surface area contributed by atoms with Crippen molar-refractivity contribution in [1.82, 2.24) is 4.57 Å². The van der Waals surface area contributed by atoms with Gasteiger partial charge in [0.25, 0.3) is 0 Å². The van der Waals surface area contributed by atoms with Gasteiger partial charge < -0.3 is 4.57 Å². The van der Waals surface area contributed by atoms with E-state index in [-0.39, 0.29) is 9.79 Å². The summed E-state index contributed by atoms with van der Waals surface area (Å²) in [6.45, 7) is 2.42. The number of hydrogen-bond acceptors (Lipinski definition) is 3. The molecular formula is C17H14ClNO3S. The van der Waals surface area contributed by atoms with Gasteiger partial charge in [-0.3, -0.25) is 4.79 Å². The molecular weight excluding hydrogens is 334 g/mol. The van der Waals surface area contributed by atoms with Gasteiger partial charge in [-0.15, -0.1) is 0 Å². The van der Waals surface area contributed by atoms with Crippen molar-refractivity contribution < 1.29 is 8.42 Å². The van der Waals surface area contributed by atoms with E-state index < -0.39 is 15.3 Å². The first-order chi connectivity index (χ1) is 10.9. The fourth-order valence-electron chi connectivity index (χ4n) is 2.52. The number of aryl methyl sites for hydroxylation is 1. The van der Waals surface area contributed by atoms with Crippen molar-refractivity contribution in [3.8, 4) is 0 Å². The molecule has 0 N–H and O–H groups in total. The number of pyridine rings is 1. The number of nitrogens with zero attached hydrogens (tertiary/aromatic N) is 1. The second-order valence-corrected chi connectivity index (χ2v) is 7.44. The van der Waals surface area contributed by atoms with Crippen LogP contribution in [-0.2, 0) is 16.4 Å². The predicted molar refractivity (Wildman–Crippen MR) is 90.8 cm³/mol. The summed E-state index contributed by atoms with van der Waals surface area (Å²) in [5.41, 5.74) is 0.130. The Balaban J connectivity index is 2.39. The lowest BCUT2D eigenvalue weighted by molar-refractivity contribution is 0.593. The summed E-state index contributed by atoms with van der Waals surface area (Å²) < 4.78 is 27.3. The topological polar surface area (TPSA) is 56.1 Å². The van der Waals surface area contributed by atoms with E-state index in [1.54, 1.807) is 34.9 Å². The summed E-state index contributed by atoms with van der Waals surface area (Å²) in [6.07, 6.45) is 1.40. The van der Waals surface area contributed by atoms with Gasteiger partial charge in [0.05, 0.1) is 10.4 Å². The van der Waals surface area contributed by atoms with E-state index in [2.05, 4.69) is 0 Å². The molecule has 0 spiro atoms. The molecule has 118 valence electrons. The van der Waals surface area contributed by atoms with Gasteiger partial charge >= 0.3 is 0 Å². The quantitative estimate of drug-likeness (QED) is 0.728. The Morgan fingerprint density at radius 2 is 1.78 bits per heavy atom. The molecule has 0 unspecified atom stereocenters. The van der Waals surface area contributed by atoms with Gasteiger partial charge in [0.2, 0.25) is 15.3 Å². The van der Waals surface area contributed by atoms with Gasteiger partial charge in [0.15, 0.2) is 0 Å². The number of aromatic nitrogens is 1. The molecule has 4 nitrogen and oxygen atoms in total. The minimum Gasteiger partial charge on any atom is -0.346 e. The summed E-state index contributed by atoms with van der Waals surface area (Å²) in [5, 5.41) is 0.697. The lowest BCUT2D eigenvalue weighted by atomic mass is 10.2. The van der Waals surface area contributed by atoms with Crippen LogP contribution in [0.15, 0.2) is 69.3 Å². The summed E-state index contributed by atoms with van der Waals surface area (Å²) in [6, 6.07) is 12.9. The molecule has 1 heterocycles. The van der Waals surface area contributed by atoms with Crippen LogP contribution in [0.3, 0.4) is 0 Å². The Bertz CT molecular complexity index is 1040. The maximum absolute atomic E-state index is 12.8. The highest BCUT2D eigenvalue weighted by atomic mass is 35.5. The first-order valence-corrected chi connectivity index (χ1v) is 8.94. The van der Waals surface area contributed by atoms with Gasteiger partial charge in [0.1, 0.15) is 4.90 Å². The second-order valence-electron chi connectivity index (χ2n) is 5.09. The van der Waals surface area contributed by atoms with Crippen molar-refractivity contribution in [2.24, 2.45) is 0 Å². The minimum absolute atomic E-state index is 0.0983. The van der Waals surface area contributed by atoms with Crippen molar-refractivity contribution in [1.29, 1.82) is 0 Å². The highest BCUT2D eigenvalue weighted by Crippen LogP contribution is 2.22. The Kier molecular flexibility index (Phi) is 4.00. The van der Waals surface area contributed by atoms with Crippen LogP contribution in [0.5, 0.6) is 0 Å². The Morgan fingerprint density at radius 3 is 2.43 bits per heavy atom. The van der Waals surface area contributed by atoms with Gasteiger partial charge in [-0.1, -0.05) is 29.8 Å². The highest BCUT2D eigenvalue weighted by molar-refractivity contribution is 7.91. The first kappa shape index (κ1) is 15.8. The zero-order valence-electron chi connectivity index (χ0n) is 12.4. The Hall–Kier alpha value is -2.11. The molecule has 3 aromatic rings. The molecule has 0 bridgehead atoms. The number of benzene rings is 2. The van der Waals surface area contributed by atoms with Crippen LogP contribution in [0.25, 0.3) is 10.9 Å². The van der Waals surface area contributed by atoms with Crippen LogP contribution in [0.4, 0.5) is 0 Å². The van der Waals surface area contributed by atoms with E-state index in [0.29, 0.717) is 22.5 Å². The molecule has 0 aliphatic heterocycles. The standard InChI is InChI=1S/C17H14ClNO3S/c1-2-19-11-16(23(21,22)13-6-4-3-5-7-13)17(20)14-10-12(18)8-9-15(14)19/h3-11H,2H2,1H3. The van der Waals surface area contributed by atoms with E-state index in [0.717, 1.165) is 0 Å². The third kappa shape index (κ3) is 2.66. The molecule has 0 aliphatic carbocycles. The van der Waals surface area contributed by atoms with Crippen LogP contribution in [0.1, 0.15) is 6.92 Å². The zero-order chi connectivity index (χ0) is 16.6. The van der Waals surface area contributed by atoms with E-state index in [1.807, 2.05) is 6.92 Å². The van der Waals surface area contributed by atoms with Crippen molar-refractivity contribution in [3.63, 3.8) is 0 Å². The summed E-state index contributed by atoms with van der Waals surface area (Å²) in [7, 11) is -3.88. The summed E-state index contributed by atoms with van der Waals surface area (Å²) in [5.74, 6) is 0. The number of rotatable bonds is 3. The monoisotopic (exact) mass is 347 g/mol. The van der Waals surface area contributed by atoms with Gasteiger partial charge in [-0.25, -0.2) is 8.42 Å². The van der Waals surface area contributed by atoms with Crippen LogP contribution in [-0.4, -0.2) is 13.0 Å². The lowest BCUT2D eigenvalue weighted by Crippen LogP contribution is -2.19. The number of fused-ring (bicyclic) bond motifs is 1. The summed E-state index contributed by atoms with van der Waals surface area (Å²) in [4.78, 5) is 12.6. The second kappa shape index (κ2) is 5.83. The SMILES string of the molecule is CCn1cc(S(=O)(=O)c2ccccc2)c(=O)c2cc(Cl)ccc21. The summed E-state index contributed by atoms with van der Waals surface area (Å²) >= 11 is 5.97. The Labute approximate surface area is 138 Å². The average Bonchev–Trinajstić information content (AvgIpc) is 2.56. The maximum atomic E-state index is 12.8. The number of halogens is 1. The molecule has 23 heavy (non-hydrogen) atoms. The smallest absolute Gasteiger partial charge is 0.211 e. The largest absolute Gasteiger partial charge is 0.346 e. The first-order valence-electron chi connectivity index (χ1n) is 7.08. The molecule has 0 saturated heterocycles.